The van der Waals surface area contributed by atoms with Gasteiger partial charge in [0.2, 0.25) is 23.6 Å². The predicted octanol–water partition coefficient (Wildman–Crippen LogP) is 0.0610. The van der Waals surface area contributed by atoms with E-state index in [0.29, 0.717) is 13.1 Å². The second-order valence-corrected chi connectivity index (χ2v) is 10.4. The van der Waals surface area contributed by atoms with E-state index >= 15 is 0 Å². The van der Waals surface area contributed by atoms with Crippen LogP contribution in [0, 0.1) is 0 Å². The van der Waals surface area contributed by atoms with Crippen LogP contribution in [0.5, 0.6) is 0 Å². The van der Waals surface area contributed by atoms with Gasteiger partial charge in [0.15, 0.2) is 0 Å². The summed E-state index contributed by atoms with van der Waals surface area (Å²) in [5.41, 5.74) is -1.23. The number of carbonyl (C=O) groups excluding carboxylic acids is 6. The van der Waals surface area contributed by atoms with Crippen LogP contribution in [-0.4, -0.2) is 86.3 Å². The Morgan fingerprint density at radius 1 is 0.447 bits per heavy atom. The lowest BCUT2D eigenvalue weighted by Gasteiger charge is -2.19. The summed E-state index contributed by atoms with van der Waals surface area (Å²) >= 11 is 0. The summed E-state index contributed by atoms with van der Waals surface area (Å²) in [7, 11) is 0. The molecule has 6 amide bonds. The molecule has 0 radical (unpaired) electrons. The summed E-state index contributed by atoms with van der Waals surface area (Å²) in [6.45, 7) is 10.0. The highest BCUT2D eigenvalue weighted by Gasteiger charge is 2.17. The molecule has 0 aromatic carbocycles. The molecule has 0 aliphatic heterocycles. The average Bonchev–Trinajstić information content (AvgIpc) is 2.78. The van der Waals surface area contributed by atoms with Gasteiger partial charge in [0.1, 0.15) is 17.7 Å². The zero-order valence-corrected chi connectivity index (χ0v) is 23.3. The number of carbonyl (C=O) groups is 6. The Morgan fingerprint density at radius 2 is 0.763 bits per heavy atom. The largest absolute Gasteiger partial charge is 0.444 e. The SMILES string of the molecule is CC(C)(C)OC(=O)NCCCCCCNC(=O)CNC(=O)CNC(=O)CNC(=O)CNC(=O)OC(C)(C)C. The summed E-state index contributed by atoms with van der Waals surface area (Å²) in [6, 6.07) is 0. The maximum Gasteiger partial charge on any atom is 0.408 e. The molecule has 218 valence electrons. The Balaban J connectivity index is 3.76. The van der Waals surface area contributed by atoms with Crippen molar-refractivity contribution in [2.24, 2.45) is 0 Å². The van der Waals surface area contributed by atoms with Gasteiger partial charge in [-0.1, -0.05) is 12.8 Å². The Kier molecular flexibility index (Phi) is 16.1. The third-order valence-electron chi connectivity index (χ3n) is 4.22. The van der Waals surface area contributed by atoms with Crippen LogP contribution >= 0.6 is 0 Å². The molecule has 0 saturated carbocycles. The standard InChI is InChI=1S/C24H44N6O8/c1-23(2,3)37-21(35)26-12-10-8-7-9-11-25-17(31)13-27-18(32)14-28-19(33)15-29-20(34)16-30-22(36)38-24(4,5)6/h7-16H2,1-6H3,(H,25,31)(H,26,35)(H,27,32)(H,28,33)(H,29,34)(H,30,36). The fourth-order valence-electron chi connectivity index (χ4n) is 2.59. The first-order valence-corrected chi connectivity index (χ1v) is 12.6. The normalized spacial score (nSPS) is 11.0. The minimum absolute atomic E-state index is 0.235. The van der Waals surface area contributed by atoms with Crippen molar-refractivity contribution in [3.63, 3.8) is 0 Å². The van der Waals surface area contributed by atoms with E-state index in [2.05, 4.69) is 31.9 Å². The summed E-state index contributed by atoms with van der Waals surface area (Å²) in [5, 5.41) is 14.6. The van der Waals surface area contributed by atoms with Gasteiger partial charge in [0.05, 0.1) is 19.6 Å². The molecule has 0 spiro atoms. The lowest BCUT2D eigenvalue weighted by Crippen LogP contribution is -2.46. The molecule has 0 aliphatic carbocycles. The van der Waals surface area contributed by atoms with Gasteiger partial charge >= 0.3 is 12.2 Å². The van der Waals surface area contributed by atoms with Crippen molar-refractivity contribution in [1.29, 1.82) is 0 Å². The fourth-order valence-corrected chi connectivity index (χ4v) is 2.59. The van der Waals surface area contributed by atoms with Gasteiger partial charge in [-0.3, -0.25) is 19.2 Å². The number of hydrogen-bond donors (Lipinski definition) is 6. The Labute approximate surface area is 224 Å². The number of unbranched alkanes of at least 4 members (excludes halogenated alkanes) is 3. The first-order valence-electron chi connectivity index (χ1n) is 12.6. The van der Waals surface area contributed by atoms with Gasteiger partial charge in [-0.05, 0) is 54.4 Å². The molecule has 0 rings (SSSR count). The highest BCUT2D eigenvalue weighted by molar-refractivity contribution is 5.90. The predicted molar refractivity (Wildman–Crippen MR) is 139 cm³/mol. The molecule has 0 atom stereocenters. The number of amides is 6. The van der Waals surface area contributed by atoms with Crippen LogP contribution in [-0.2, 0) is 28.7 Å². The topological polar surface area (TPSA) is 193 Å². The molecule has 0 heterocycles. The molecule has 0 aromatic heterocycles. The molecule has 14 heteroatoms. The molecule has 0 saturated heterocycles. The first kappa shape index (κ1) is 34.4. The highest BCUT2D eigenvalue weighted by atomic mass is 16.6. The van der Waals surface area contributed by atoms with Crippen molar-refractivity contribution in [1.82, 2.24) is 31.9 Å². The minimum Gasteiger partial charge on any atom is -0.444 e. The number of hydrogen-bond acceptors (Lipinski definition) is 8. The second kappa shape index (κ2) is 17.8. The van der Waals surface area contributed by atoms with E-state index in [-0.39, 0.29) is 32.1 Å². The van der Waals surface area contributed by atoms with Crippen LogP contribution in [0.15, 0.2) is 0 Å². The molecular formula is C24H44N6O8. The Bertz CT molecular complexity index is 805. The maximum atomic E-state index is 11.8. The van der Waals surface area contributed by atoms with Crippen molar-refractivity contribution < 1.29 is 38.2 Å². The summed E-state index contributed by atoms with van der Waals surface area (Å²) in [5.74, 6) is -2.15. The lowest BCUT2D eigenvalue weighted by molar-refractivity contribution is -0.128. The van der Waals surface area contributed by atoms with Crippen LogP contribution in [0.4, 0.5) is 9.59 Å². The molecule has 0 unspecified atom stereocenters. The molecule has 0 aliphatic rings. The minimum atomic E-state index is -0.762. The summed E-state index contributed by atoms with van der Waals surface area (Å²) in [4.78, 5) is 70.0. The summed E-state index contributed by atoms with van der Waals surface area (Å²) < 4.78 is 10.1. The third-order valence-corrected chi connectivity index (χ3v) is 4.22. The van der Waals surface area contributed by atoms with Crippen LogP contribution in [0.1, 0.15) is 67.2 Å². The third kappa shape index (κ3) is 22.9. The smallest absolute Gasteiger partial charge is 0.408 e. The van der Waals surface area contributed by atoms with Gasteiger partial charge in [0, 0.05) is 13.1 Å². The number of rotatable bonds is 15. The molecule has 14 nitrogen and oxygen atoms in total. The first-order chi connectivity index (χ1) is 17.6. The van der Waals surface area contributed by atoms with Gasteiger partial charge in [0.25, 0.3) is 0 Å². The number of nitrogens with one attached hydrogen (secondary N) is 6. The van der Waals surface area contributed by atoms with E-state index in [4.69, 9.17) is 9.47 Å². The molecule has 38 heavy (non-hydrogen) atoms. The van der Waals surface area contributed by atoms with Crippen LogP contribution < -0.4 is 31.9 Å². The van der Waals surface area contributed by atoms with E-state index in [1.165, 1.54) is 0 Å². The van der Waals surface area contributed by atoms with Gasteiger partial charge in [-0.2, -0.15) is 0 Å². The maximum absolute atomic E-state index is 11.8. The van der Waals surface area contributed by atoms with Crippen molar-refractivity contribution in [3.8, 4) is 0 Å². The van der Waals surface area contributed by atoms with Crippen molar-refractivity contribution in [2.75, 3.05) is 39.3 Å². The molecular weight excluding hydrogens is 500 g/mol. The zero-order valence-electron chi connectivity index (χ0n) is 23.3. The lowest BCUT2D eigenvalue weighted by atomic mass is 10.2. The molecule has 0 bridgehead atoms. The zero-order chi connectivity index (χ0) is 29.2. The van der Waals surface area contributed by atoms with Crippen LogP contribution in [0.2, 0.25) is 0 Å². The fraction of sp³-hybridized carbons (Fsp3) is 0.750. The highest BCUT2D eigenvalue weighted by Crippen LogP contribution is 2.07. The van der Waals surface area contributed by atoms with E-state index in [1.807, 2.05) is 0 Å². The number of ether oxygens (including phenoxy) is 2. The Hall–Kier alpha value is -3.58. The van der Waals surface area contributed by atoms with E-state index < -0.39 is 41.1 Å². The number of alkyl carbamates (subject to hydrolysis) is 2. The summed E-state index contributed by atoms with van der Waals surface area (Å²) in [6.07, 6.45) is 2.08. The van der Waals surface area contributed by atoms with Gasteiger partial charge < -0.3 is 41.4 Å². The van der Waals surface area contributed by atoms with E-state index in [1.54, 1.807) is 41.5 Å². The molecule has 0 aromatic rings. The molecule has 0 fully saturated rings. The van der Waals surface area contributed by atoms with Crippen molar-refractivity contribution >= 4 is 35.8 Å². The van der Waals surface area contributed by atoms with E-state index in [0.717, 1.165) is 25.7 Å². The average molecular weight is 545 g/mol. The van der Waals surface area contributed by atoms with Crippen molar-refractivity contribution in [2.45, 2.75) is 78.4 Å². The van der Waals surface area contributed by atoms with Gasteiger partial charge in [-0.25, -0.2) is 9.59 Å². The Morgan fingerprint density at radius 3 is 1.16 bits per heavy atom. The molecule has 6 N–H and O–H groups in total. The second-order valence-electron chi connectivity index (χ2n) is 10.4. The van der Waals surface area contributed by atoms with Crippen LogP contribution in [0.25, 0.3) is 0 Å². The van der Waals surface area contributed by atoms with Gasteiger partial charge in [-0.15, -0.1) is 0 Å². The van der Waals surface area contributed by atoms with Crippen LogP contribution in [0.3, 0.4) is 0 Å². The monoisotopic (exact) mass is 544 g/mol. The van der Waals surface area contributed by atoms with E-state index in [9.17, 15) is 28.8 Å². The van der Waals surface area contributed by atoms with Crippen molar-refractivity contribution in [3.05, 3.63) is 0 Å². The quantitative estimate of drug-likeness (QED) is 0.156.